The van der Waals surface area contributed by atoms with Crippen LogP contribution < -0.4 is 4.90 Å². The zero-order valence-corrected chi connectivity index (χ0v) is 10.4. The standard InChI is InChI=1S/C14H21NO/c1-4-15-10(2)8-12-6-5-7-13(14(12)15)9-11(3)16/h5-7,10-11,16H,4,8-9H2,1-3H3. The number of anilines is 1. The lowest BCUT2D eigenvalue weighted by molar-refractivity contribution is 0.195. The molecule has 0 bridgehead atoms. The summed E-state index contributed by atoms with van der Waals surface area (Å²) in [5.41, 5.74) is 4.10. The van der Waals surface area contributed by atoms with E-state index in [0.717, 1.165) is 19.4 Å². The first-order chi connectivity index (χ1) is 7.63. The molecule has 2 heteroatoms. The van der Waals surface area contributed by atoms with E-state index in [2.05, 4.69) is 36.9 Å². The van der Waals surface area contributed by atoms with Crippen LogP contribution in [-0.4, -0.2) is 23.8 Å². The number of rotatable bonds is 3. The molecule has 16 heavy (non-hydrogen) atoms. The summed E-state index contributed by atoms with van der Waals surface area (Å²) in [4.78, 5) is 2.45. The van der Waals surface area contributed by atoms with Gasteiger partial charge in [-0.1, -0.05) is 18.2 Å². The predicted octanol–water partition coefficient (Wildman–Crippen LogP) is 2.38. The lowest BCUT2D eigenvalue weighted by Gasteiger charge is -2.25. The van der Waals surface area contributed by atoms with Crippen molar-refractivity contribution in [3.63, 3.8) is 0 Å². The molecule has 2 rings (SSSR count). The van der Waals surface area contributed by atoms with Crippen LogP contribution in [0.25, 0.3) is 0 Å². The molecule has 0 amide bonds. The minimum absolute atomic E-state index is 0.263. The molecule has 2 atom stereocenters. The highest BCUT2D eigenvalue weighted by atomic mass is 16.3. The molecule has 2 unspecified atom stereocenters. The first kappa shape index (κ1) is 11.5. The highest BCUT2D eigenvalue weighted by Gasteiger charge is 2.26. The van der Waals surface area contributed by atoms with Gasteiger partial charge in [-0.25, -0.2) is 0 Å². The summed E-state index contributed by atoms with van der Waals surface area (Å²) in [6, 6.07) is 7.07. The maximum absolute atomic E-state index is 9.54. The third-order valence-corrected chi connectivity index (χ3v) is 3.39. The topological polar surface area (TPSA) is 23.5 Å². The first-order valence-corrected chi connectivity index (χ1v) is 6.19. The van der Waals surface area contributed by atoms with Gasteiger partial charge in [-0.15, -0.1) is 0 Å². The fraction of sp³-hybridized carbons (Fsp3) is 0.571. The van der Waals surface area contributed by atoms with E-state index in [1.807, 2.05) is 6.92 Å². The van der Waals surface area contributed by atoms with Gasteiger partial charge in [0, 0.05) is 24.7 Å². The Morgan fingerprint density at radius 3 is 2.88 bits per heavy atom. The SMILES string of the molecule is CCN1c2c(CC(C)O)cccc2CC1C. The molecule has 0 radical (unpaired) electrons. The van der Waals surface area contributed by atoms with Gasteiger partial charge in [0.1, 0.15) is 0 Å². The third kappa shape index (κ3) is 1.94. The zero-order chi connectivity index (χ0) is 11.7. The van der Waals surface area contributed by atoms with Crippen molar-refractivity contribution in [3.05, 3.63) is 29.3 Å². The Balaban J connectivity index is 2.39. The Labute approximate surface area is 97.9 Å². The van der Waals surface area contributed by atoms with E-state index in [1.165, 1.54) is 16.8 Å². The summed E-state index contributed by atoms with van der Waals surface area (Å²) in [5.74, 6) is 0. The summed E-state index contributed by atoms with van der Waals surface area (Å²) in [6.07, 6.45) is 1.63. The van der Waals surface area contributed by atoms with Gasteiger partial charge in [0.05, 0.1) is 6.10 Å². The highest BCUT2D eigenvalue weighted by molar-refractivity contribution is 5.64. The van der Waals surface area contributed by atoms with Crippen molar-refractivity contribution >= 4 is 5.69 Å². The summed E-state index contributed by atoms with van der Waals surface area (Å²) >= 11 is 0. The number of hydrogen-bond donors (Lipinski definition) is 1. The second kappa shape index (κ2) is 4.46. The number of para-hydroxylation sites is 1. The van der Waals surface area contributed by atoms with Gasteiger partial charge < -0.3 is 10.0 Å². The van der Waals surface area contributed by atoms with E-state index >= 15 is 0 Å². The molecule has 1 aromatic carbocycles. The van der Waals surface area contributed by atoms with Gasteiger partial charge >= 0.3 is 0 Å². The van der Waals surface area contributed by atoms with Gasteiger partial charge in [-0.3, -0.25) is 0 Å². The molecule has 1 aromatic rings. The van der Waals surface area contributed by atoms with Crippen molar-refractivity contribution in [2.75, 3.05) is 11.4 Å². The van der Waals surface area contributed by atoms with Crippen LogP contribution in [0.15, 0.2) is 18.2 Å². The molecular formula is C14H21NO. The molecule has 1 heterocycles. The molecule has 0 aliphatic carbocycles. The van der Waals surface area contributed by atoms with Gasteiger partial charge in [-0.05, 0) is 38.3 Å². The van der Waals surface area contributed by atoms with Crippen LogP contribution in [0.4, 0.5) is 5.69 Å². The number of nitrogens with zero attached hydrogens (tertiary/aromatic N) is 1. The summed E-state index contributed by atoms with van der Waals surface area (Å²) in [5, 5.41) is 9.54. The lowest BCUT2D eigenvalue weighted by atomic mass is 10.0. The van der Waals surface area contributed by atoms with Gasteiger partial charge in [-0.2, -0.15) is 0 Å². The number of likely N-dealkylation sites (N-methyl/N-ethyl adjacent to an activating group) is 1. The molecule has 0 saturated carbocycles. The molecule has 88 valence electrons. The normalized spacial score (nSPS) is 21.0. The maximum atomic E-state index is 9.54. The Morgan fingerprint density at radius 2 is 2.25 bits per heavy atom. The summed E-state index contributed by atoms with van der Waals surface area (Å²) in [7, 11) is 0. The van der Waals surface area contributed by atoms with E-state index in [9.17, 15) is 5.11 Å². The number of fused-ring (bicyclic) bond motifs is 1. The molecule has 1 aliphatic rings. The van der Waals surface area contributed by atoms with Crippen LogP contribution in [0.3, 0.4) is 0 Å². The van der Waals surface area contributed by atoms with Crippen LogP contribution in [0, 0.1) is 0 Å². The fourth-order valence-corrected chi connectivity index (χ4v) is 2.78. The molecular weight excluding hydrogens is 198 g/mol. The fourth-order valence-electron chi connectivity index (χ4n) is 2.78. The van der Waals surface area contributed by atoms with E-state index in [4.69, 9.17) is 0 Å². The predicted molar refractivity (Wildman–Crippen MR) is 68.0 cm³/mol. The second-order valence-corrected chi connectivity index (χ2v) is 4.82. The van der Waals surface area contributed by atoms with E-state index < -0.39 is 0 Å². The Bertz CT molecular complexity index is 373. The quantitative estimate of drug-likeness (QED) is 0.843. The summed E-state index contributed by atoms with van der Waals surface area (Å²) < 4.78 is 0. The minimum atomic E-state index is -0.263. The van der Waals surface area contributed by atoms with Gasteiger partial charge in [0.15, 0.2) is 0 Å². The van der Waals surface area contributed by atoms with Crippen LogP contribution in [0.2, 0.25) is 0 Å². The Hall–Kier alpha value is -1.02. The zero-order valence-electron chi connectivity index (χ0n) is 10.4. The molecule has 2 nitrogen and oxygen atoms in total. The first-order valence-electron chi connectivity index (χ1n) is 6.19. The Morgan fingerprint density at radius 1 is 1.50 bits per heavy atom. The summed E-state index contributed by atoms with van der Waals surface area (Å²) in [6.45, 7) is 7.37. The number of aliphatic hydroxyl groups is 1. The molecule has 0 fully saturated rings. The van der Waals surface area contributed by atoms with E-state index in [1.54, 1.807) is 0 Å². The van der Waals surface area contributed by atoms with Crippen LogP contribution in [0.1, 0.15) is 31.9 Å². The number of aliphatic hydroxyl groups excluding tert-OH is 1. The van der Waals surface area contributed by atoms with Crippen molar-refractivity contribution in [1.29, 1.82) is 0 Å². The molecule has 1 N–H and O–H groups in total. The average molecular weight is 219 g/mol. The second-order valence-electron chi connectivity index (χ2n) is 4.82. The molecule has 1 aliphatic heterocycles. The number of benzene rings is 1. The largest absolute Gasteiger partial charge is 0.393 e. The lowest BCUT2D eigenvalue weighted by Crippen LogP contribution is -2.29. The third-order valence-electron chi connectivity index (χ3n) is 3.39. The highest BCUT2D eigenvalue weighted by Crippen LogP contribution is 2.35. The monoisotopic (exact) mass is 219 g/mol. The van der Waals surface area contributed by atoms with Crippen molar-refractivity contribution in [2.24, 2.45) is 0 Å². The van der Waals surface area contributed by atoms with Crippen molar-refractivity contribution < 1.29 is 5.11 Å². The van der Waals surface area contributed by atoms with Crippen LogP contribution in [-0.2, 0) is 12.8 Å². The minimum Gasteiger partial charge on any atom is -0.393 e. The van der Waals surface area contributed by atoms with Crippen LogP contribution in [0.5, 0.6) is 0 Å². The maximum Gasteiger partial charge on any atom is 0.0553 e. The number of hydrogen-bond acceptors (Lipinski definition) is 2. The molecule has 0 aromatic heterocycles. The van der Waals surface area contributed by atoms with Crippen molar-refractivity contribution in [1.82, 2.24) is 0 Å². The van der Waals surface area contributed by atoms with E-state index in [0.29, 0.717) is 6.04 Å². The van der Waals surface area contributed by atoms with Crippen molar-refractivity contribution in [3.8, 4) is 0 Å². The van der Waals surface area contributed by atoms with Gasteiger partial charge in [0.25, 0.3) is 0 Å². The van der Waals surface area contributed by atoms with Crippen molar-refractivity contribution in [2.45, 2.75) is 45.8 Å². The van der Waals surface area contributed by atoms with Gasteiger partial charge in [0.2, 0.25) is 0 Å². The van der Waals surface area contributed by atoms with Crippen LogP contribution >= 0.6 is 0 Å². The van der Waals surface area contributed by atoms with E-state index in [-0.39, 0.29) is 6.10 Å². The smallest absolute Gasteiger partial charge is 0.0553 e. The molecule has 0 saturated heterocycles. The molecule has 0 spiro atoms. The Kier molecular flexibility index (Phi) is 3.20. The average Bonchev–Trinajstić information content (AvgIpc) is 2.53.